The molecule has 0 N–H and O–H groups in total. The lowest BCUT2D eigenvalue weighted by molar-refractivity contribution is 0.700. The summed E-state index contributed by atoms with van der Waals surface area (Å²) in [6.45, 7) is 19.2. The monoisotopic (exact) mass is 486 g/mol. The lowest BCUT2D eigenvalue weighted by Crippen LogP contribution is -2.29. The van der Waals surface area contributed by atoms with Crippen molar-refractivity contribution >= 4 is 42.1 Å². The van der Waals surface area contributed by atoms with E-state index in [1.807, 2.05) is 0 Å². The van der Waals surface area contributed by atoms with Crippen LogP contribution in [0.3, 0.4) is 0 Å². The van der Waals surface area contributed by atoms with Crippen molar-refractivity contribution in [3.05, 3.63) is 95.1 Å². The quantitative estimate of drug-likeness (QED) is 0.266. The number of rotatable bonds is 6. The van der Waals surface area contributed by atoms with Crippen molar-refractivity contribution in [3.8, 4) is 0 Å². The third-order valence-corrected chi connectivity index (χ3v) is 13.9. The highest BCUT2D eigenvalue weighted by atomic mass is 31.1. The first-order chi connectivity index (χ1) is 15.8. The lowest BCUT2D eigenvalue weighted by Gasteiger charge is -2.46. The summed E-state index contributed by atoms with van der Waals surface area (Å²) in [6.07, 6.45) is 0. The normalized spacial score (nSPS) is 14.4. The maximum absolute atomic E-state index is 2.50. The van der Waals surface area contributed by atoms with Crippen molar-refractivity contribution in [3.63, 3.8) is 0 Å². The van der Waals surface area contributed by atoms with Gasteiger partial charge in [-0.25, -0.2) is 0 Å². The molecule has 0 aliphatic carbocycles. The molecule has 3 aromatic carbocycles. The van der Waals surface area contributed by atoms with Gasteiger partial charge >= 0.3 is 0 Å². The van der Waals surface area contributed by atoms with Gasteiger partial charge in [-0.1, -0.05) is 122 Å². The van der Waals surface area contributed by atoms with E-state index < -0.39 is 7.92 Å². The van der Waals surface area contributed by atoms with Crippen LogP contribution in [0.1, 0.15) is 74.9 Å². The summed E-state index contributed by atoms with van der Waals surface area (Å²) in [4.78, 5) is 0. The Morgan fingerprint density at radius 2 is 0.912 bits per heavy atom. The standard InChI is InChI=1S/C30H42B2P2/c1-21-15-9-13-19-25(21)33(26-20-14-10-16-22(26)2)27(31)23-17-11-12-18-24(23)28(32)34(29(3,4)5)30(6,7)8/h9-20,27-28H,31-32H2,1-8H3. The summed E-state index contributed by atoms with van der Waals surface area (Å²) in [6, 6.07) is 27.4. The lowest BCUT2D eigenvalue weighted by atomic mass is 9.85. The highest BCUT2D eigenvalue weighted by Gasteiger charge is 2.39. The molecular weight excluding hydrogens is 444 g/mol. The summed E-state index contributed by atoms with van der Waals surface area (Å²) >= 11 is 0. The van der Waals surface area contributed by atoms with E-state index in [1.54, 1.807) is 5.56 Å². The van der Waals surface area contributed by atoms with Crippen LogP contribution in [0.2, 0.25) is 0 Å². The molecule has 0 amide bonds. The Hall–Kier alpha value is -1.35. The Morgan fingerprint density at radius 1 is 0.559 bits per heavy atom. The molecule has 4 heteroatoms. The van der Waals surface area contributed by atoms with E-state index in [9.17, 15) is 0 Å². The van der Waals surface area contributed by atoms with Crippen LogP contribution in [0, 0.1) is 13.8 Å². The molecule has 2 atom stereocenters. The molecule has 178 valence electrons. The topological polar surface area (TPSA) is 0 Å². The molecule has 34 heavy (non-hydrogen) atoms. The van der Waals surface area contributed by atoms with Crippen molar-refractivity contribution in [2.24, 2.45) is 0 Å². The van der Waals surface area contributed by atoms with Crippen molar-refractivity contribution in [1.29, 1.82) is 0 Å². The summed E-state index contributed by atoms with van der Waals surface area (Å²) in [5.41, 5.74) is 6.88. The molecule has 0 nitrogen and oxygen atoms in total. The molecule has 2 unspecified atom stereocenters. The summed E-state index contributed by atoms with van der Waals surface area (Å²) in [5.74, 6) is 0. The fourth-order valence-electron chi connectivity index (χ4n) is 5.93. The average Bonchev–Trinajstić information content (AvgIpc) is 2.74. The molecule has 0 bridgehead atoms. The van der Waals surface area contributed by atoms with Crippen LogP contribution in [0.4, 0.5) is 0 Å². The van der Waals surface area contributed by atoms with E-state index >= 15 is 0 Å². The highest BCUT2D eigenvalue weighted by Crippen LogP contribution is 2.67. The molecule has 0 saturated heterocycles. The van der Waals surface area contributed by atoms with Crippen LogP contribution >= 0.6 is 15.8 Å². The van der Waals surface area contributed by atoms with Crippen LogP contribution < -0.4 is 10.6 Å². The van der Waals surface area contributed by atoms with E-state index in [-0.39, 0.29) is 7.92 Å². The smallest absolute Gasteiger partial charge is 0.0963 e. The number of benzene rings is 3. The van der Waals surface area contributed by atoms with Gasteiger partial charge in [-0.3, -0.25) is 0 Å². The molecule has 0 heterocycles. The Kier molecular flexibility index (Phi) is 8.59. The maximum atomic E-state index is 2.50. The third kappa shape index (κ3) is 5.89. The third-order valence-electron chi connectivity index (χ3n) is 6.87. The van der Waals surface area contributed by atoms with Crippen molar-refractivity contribution < 1.29 is 0 Å². The number of hydrogen-bond acceptors (Lipinski definition) is 0. The van der Waals surface area contributed by atoms with Gasteiger partial charge in [0.1, 0.15) is 15.7 Å². The maximum Gasteiger partial charge on any atom is 0.117 e. The van der Waals surface area contributed by atoms with Crippen LogP contribution in [-0.2, 0) is 0 Å². The molecule has 0 aliphatic heterocycles. The van der Waals surface area contributed by atoms with Gasteiger partial charge in [-0.15, -0.1) is 0 Å². The van der Waals surface area contributed by atoms with Gasteiger partial charge < -0.3 is 0 Å². The van der Waals surface area contributed by atoms with Gasteiger partial charge in [0, 0.05) is 0 Å². The molecule has 0 radical (unpaired) electrons. The second-order valence-corrected chi connectivity index (χ2v) is 18.3. The minimum absolute atomic E-state index is 0.254. The average molecular weight is 486 g/mol. The molecule has 0 aromatic heterocycles. The van der Waals surface area contributed by atoms with Gasteiger partial charge in [0.2, 0.25) is 0 Å². The first-order valence-corrected chi connectivity index (χ1v) is 15.4. The predicted molar refractivity (Wildman–Crippen MR) is 164 cm³/mol. The van der Waals surface area contributed by atoms with Gasteiger partial charge in [-0.2, -0.15) is 0 Å². The molecule has 3 rings (SSSR count). The van der Waals surface area contributed by atoms with Crippen molar-refractivity contribution in [2.75, 3.05) is 0 Å². The van der Waals surface area contributed by atoms with Gasteiger partial charge in [-0.05, 0) is 76.1 Å². The zero-order chi connectivity index (χ0) is 25.3. The van der Waals surface area contributed by atoms with E-state index in [1.165, 1.54) is 27.3 Å². The van der Waals surface area contributed by atoms with Gasteiger partial charge in [0.05, 0.1) is 0 Å². The van der Waals surface area contributed by atoms with E-state index in [2.05, 4.69) is 144 Å². The van der Waals surface area contributed by atoms with Crippen molar-refractivity contribution in [1.82, 2.24) is 0 Å². The molecular formula is C30H42B2P2. The largest absolute Gasteiger partial charge is 0.117 e. The zero-order valence-electron chi connectivity index (χ0n) is 23.0. The minimum Gasteiger partial charge on any atom is -0.0963 e. The minimum atomic E-state index is -0.539. The Morgan fingerprint density at radius 3 is 1.29 bits per heavy atom. The van der Waals surface area contributed by atoms with Gasteiger partial charge in [0.25, 0.3) is 0 Å². The Bertz CT molecular complexity index is 1050. The fourth-order valence-corrected chi connectivity index (χ4v) is 13.8. The van der Waals surface area contributed by atoms with Crippen molar-refractivity contribution in [2.45, 2.75) is 76.8 Å². The van der Waals surface area contributed by atoms with Crippen LogP contribution in [-0.4, -0.2) is 26.0 Å². The molecule has 0 aliphatic rings. The summed E-state index contributed by atoms with van der Waals surface area (Å²) in [5, 5.41) is 3.60. The predicted octanol–water partition coefficient (Wildman–Crippen LogP) is 6.78. The molecule has 0 spiro atoms. The first kappa shape index (κ1) is 27.2. The Labute approximate surface area is 213 Å². The number of aryl methyl sites for hydroxylation is 2. The molecule has 0 saturated carbocycles. The molecule has 0 fully saturated rings. The van der Waals surface area contributed by atoms with E-state index in [0.29, 0.717) is 21.4 Å². The highest BCUT2D eigenvalue weighted by molar-refractivity contribution is 7.74. The van der Waals surface area contributed by atoms with Crippen LogP contribution in [0.5, 0.6) is 0 Å². The second-order valence-electron chi connectivity index (χ2n) is 11.6. The van der Waals surface area contributed by atoms with E-state index in [0.717, 1.165) is 0 Å². The van der Waals surface area contributed by atoms with Crippen LogP contribution in [0.25, 0.3) is 0 Å². The van der Waals surface area contributed by atoms with Gasteiger partial charge in [0.15, 0.2) is 0 Å². The molecule has 3 aromatic rings. The Balaban J connectivity index is 2.19. The number of hydrogen-bond donors (Lipinski definition) is 0. The van der Waals surface area contributed by atoms with Crippen LogP contribution in [0.15, 0.2) is 72.8 Å². The zero-order valence-corrected chi connectivity index (χ0v) is 24.8. The SMILES string of the molecule is BC(c1ccccc1C(B)P(C(C)(C)C)C(C)(C)C)P(c1ccccc1C)c1ccccc1C. The second kappa shape index (κ2) is 10.7. The summed E-state index contributed by atoms with van der Waals surface area (Å²) < 4.78 is 0. The first-order valence-electron chi connectivity index (χ1n) is 12.6. The fraction of sp³-hybridized carbons (Fsp3) is 0.400. The summed E-state index contributed by atoms with van der Waals surface area (Å²) in [7, 11) is 4.18. The van der Waals surface area contributed by atoms with E-state index in [4.69, 9.17) is 0 Å².